The number of sulfonamides is 1. The Kier molecular flexibility index (Phi) is 5.31. The number of ether oxygens (including phenoxy) is 1. The first-order valence-corrected chi connectivity index (χ1v) is 6.97. The van der Waals surface area contributed by atoms with E-state index in [1.165, 1.54) is 4.72 Å². The van der Waals surface area contributed by atoms with E-state index in [1.807, 2.05) is 0 Å². The number of aliphatic hydroxyl groups excluding tert-OH is 1. The van der Waals surface area contributed by atoms with Crippen molar-refractivity contribution >= 4 is 16.0 Å². The highest BCUT2D eigenvalue weighted by atomic mass is 32.2. The minimum atomic E-state index is -4.59. The van der Waals surface area contributed by atoms with Gasteiger partial charge in [-0.25, -0.2) is 31.1 Å². The van der Waals surface area contributed by atoms with Gasteiger partial charge in [0.15, 0.2) is 0 Å². The number of hydrogen-bond acceptors (Lipinski definition) is 5. The fourth-order valence-electron chi connectivity index (χ4n) is 1.33. The molecule has 0 amide bonds. The SMILES string of the molecule is COC(=O)c1ccc(F)cc1S(=O)(=O)NCC(F)(F)CO. The lowest BCUT2D eigenvalue weighted by Crippen LogP contribution is -2.39. The summed E-state index contributed by atoms with van der Waals surface area (Å²) in [6.45, 7) is -2.97. The van der Waals surface area contributed by atoms with E-state index in [1.54, 1.807) is 0 Å². The van der Waals surface area contributed by atoms with E-state index in [9.17, 15) is 26.4 Å². The van der Waals surface area contributed by atoms with Crippen LogP contribution in [0.25, 0.3) is 0 Å². The molecule has 0 atom stereocenters. The average Bonchev–Trinajstić information content (AvgIpc) is 2.44. The summed E-state index contributed by atoms with van der Waals surface area (Å²) in [4.78, 5) is 10.6. The molecule has 0 aliphatic rings. The van der Waals surface area contributed by atoms with E-state index in [0.29, 0.717) is 6.07 Å². The molecular weight excluding hydrogens is 315 g/mol. The first-order valence-electron chi connectivity index (χ1n) is 5.49. The second-order valence-electron chi connectivity index (χ2n) is 3.97. The molecule has 0 aliphatic heterocycles. The molecule has 1 aromatic carbocycles. The molecule has 0 bridgehead atoms. The summed E-state index contributed by atoms with van der Waals surface area (Å²) in [5.41, 5.74) is -0.501. The molecule has 21 heavy (non-hydrogen) atoms. The molecule has 0 fully saturated rings. The lowest BCUT2D eigenvalue weighted by molar-refractivity contribution is -0.0437. The number of benzene rings is 1. The van der Waals surface area contributed by atoms with Gasteiger partial charge in [-0.3, -0.25) is 0 Å². The fourth-order valence-corrected chi connectivity index (χ4v) is 2.60. The third kappa shape index (κ3) is 4.41. The fraction of sp³-hybridized carbons (Fsp3) is 0.364. The topological polar surface area (TPSA) is 92.7 Å². The zero-order chi connectivity index (χ0) is 16.3. The molecule has 0 aromatic heterocycles. The second-order valence-corrected chi connectivity index (χ2v) is 5.71. The van der Waals surface area contributed by atoms with Crippen molar-refractivity contribution < 1.29 is 36.2 Å². The van der Waals surface area contributed by atoms with Gasteiger partial charge < -0.3 is 9.84 Å². The van der Waals surface area contributed by atoms with Crippen molar-refractivity contribution in [3.63, 3.8) is 0 Å². The van der Waals surface area contributed by atoms with Crippen LogP contribution in [0.4, 0.5) is 13.2 Å². The highest BCUT2D eigenvalue weighted by Crippen LogP contribution is 2.19. The van der Waals surface area contributed by atoms with Crippen LogP contribution in [0.2, 0.25) is 0 Å². The van der Waals surface area contributed by atoms with Crippen LogP contribution in [0.5, 0.6) is 0 Å². The van der Waals surface area contributed by atoms with Crippen molar-refractivity contribution in [3.8, 4) is 0 Å². The Balaban J connectivity index is 3.19. The van der Waals surface area contributed by atoms with Gasteiger partial charge in [-0.15, -0.1) is 0 Å². The molecule has 1 aromatic rings. The summed E-state index contributed by atoms with van der Waals surface area (Å²) < 4.78 is 68.5. The maximum Gasteiger partial charge on any atom is 0.339 e. The molecule has 2 N–H and O–H groups in total. The Morgan fingerprint density at radius 1 is 1.43 bits per heavy atom. The molecule has 0 spiro atoms. The molecule has 1 rings (SSSR count). The maximum absolute atomic E-state index is 13.2. The number of alkyl halides is 2. The van der Waals surface area contributed by atoms with Gasteiger partial charge in [-0.1, -0.05) is 0 Å². The molecule has 6 nitrogen and oxygen atoms in total. The molecule has 0 unspecified atom stereocenters. The van der Waals surface area contributed by atoms with E-state index < -0.39 is 51.3 Å². The number of hydrogen-bond donors (Lipinski definition) is 2. The Labute approximate surface area is 118 Å². The number of carbonyl (C=O) groups is 1. The predicted molar refractivity (Wildman–Crippen MR) is 65.0 cm³/mol. The lowest BCUT2D eigenvalue weighted by Gasteiger charge is -2.15. The Bertz CT molecular complexity index is 633. The van der Waals surface area contributed by atoms with E-state index in [0.717, 1.165) is 19.2 Å². The molecule has 10 heteroatoms. The van der Waals surface area contributed by atoms with Gasteiger partial charge in [0.1, 0.15) is 12.4 Å². The van der Waals surface area contributed by atoms with Gasteiger partial charge in [-0.2, -0.15) is 0 Å². The largest absolute Gasteiger partial charge is 0.465 e. The van der Waals surface area contributed by atoms with Gasteiger partial charge >= 0.3 is 5.97 Å². The van der Waals surface area contributed by atoms with E-state index in [-0.39, 0.29) is 0 Å². The Hall–Kier alpha value is -1.65. The van der Waals surface area contributed by atoms with Crippen LogP contribution < -0.4 is 4.72 Å². The summed E-state index contributed by atoms with van der Waals surface area (Å²) in [7, 11) is -3.61. The van der Waals surface area contributed by atoms with Crippen molar-refractivity contribution in [2.75, 3.05) is 20.3 Å². The summed E-state index contributed by atoms with van der Waals surface area (Å²) in [6, 6.07) is 2.19. The van der Waals surface area contributed by atoms with E-state index in [4.69, 9.17) is 5.11 Å². The number of methoxy groups -OCH3 is 1. The van der Waals surface area contributed by atoms with Crippen LogP contribution in [-0.2, 0) is 14.8 Å². The second kappa shape index (κ2) is 6.41. The number of nitrogens with one attached hydrogen (secondary N) is 1. The number of rotatable bonds is 6. The van der Waals surface area contributed by atoms with Crippen LogP contribution in [0.3, 0.4) is 0 Å². The number of esters is 1. The van der Waals surface area contributed by atoms with Crippen molar-refractivity contribution in [1.82, 2.24) is 4.72 Å². The predicted octanol–water partition coefficient (Wildman–Crippen LogP) is 0.518. The first-order chi connectivity index (χ1) is 9.63. The normalized spacial score (nSPS) is 12.2. The highest BCUT2D eigenvalue weighted by molar-refractivity contribution is 7.89. The van der Waals surface area contributed by atoms with Crippen LogP contribution >= 0.6 is 0 Å². The monoisotopic (exact) mass is 327 g/mol. The molecule has 118 valence electrons. The molecule has 0 heterocycles. The first kappa shape index (κ1) is 17.4. The van der Waals surface area contributed by atoms with Crippen molar-refractivity contribution in [1.29, 1.82) is 0 Å². The zero-order valence-electron chi connectivity index (χ0n) is 10.8. The van der Waals surface area contributed by atoms with Crippen molar-refractivity contribution in [3.05, 3.63) is 29.6 Å². The summed E-state index contributed by atoms with van der Waals surface area (Å²) in [5.74, 6) is -5.73. The Morgan fingerprint density at radius 2 is 2.05 bits per heavy atom. The van der Waals surface area contributed by atoms with Gasteiger partial charge in [-0.05, 0) is 18.2 Å². The number of halogens is 3. The Morgan fingerprint density at radius 3 is 2.57 bits per heavy atom. The molecular formula is C11H12F3NO5S. The van der Waals surface area contributed by atoms with Crippen molar-refractivity contribution in [2.45, 2.75) is 10.8 Å². The van der Waals surface area contributed by atoms with E-state index in [2.05, 4.69) is 4.74 Å². The molecule has 0 radical (unpaired) electrons. The average molecular weight is 327 g/mol. The highest BCUT2D eigenvalue weighted by Gasteiger charge is 2.32. The van der Waals surface area contributed by atoms with E-state index >= 15 is 0 Å². The lowest BCUT2D eigenvalue weighted by atomic mass is 10.2. The maximum atomic E-state index is 13.2. The van der Waals surface area contributed by atoms with Crippen LogP contribution in [0.15, 0.2) is 23.1 Å². The van der Waals surface area contributed by atoms with Gasteiger partial charge in [0, 0.05) is 0 Å². The van der Waals surface area contributed by atoms with Crippen molar-refractivity contribution in [2.24, 2.45) is 0 Å². The summed E-state index contributed by atoms with van der Waals surface area (Å²) in [6.07, 6.45) is 0. The third-order valence-electron chi connectivity index (χ3n) is 2.39. The summed E-state index contributed by atoms with van der Waals surface area (Å²) >= 11 is 0. The minimum absolute atomic E-state index is 0.501. The third-order valence-corrected chi connectivity index (χ3v) is 3.83. The van der Waals surface area contributed by atoms with Gasteiger partial charge in [0.25, 0.3) is 5.92 Å². The standard InChI is InChI=1S/C11H12F3NO5S/c1-20-10(17)8-3-2-7(12)4-9(8)21(18,19)15-5-11(13,14)6-16/h2-4,15-16H,5-6H2,1H3. The van der Waals surface area contributed by atoms with Crippen LogP contribution in [0.1, 0.15) is 10.4 Å². The van der Waals surface area contributed by atoms with Crippen LogP contribution in [0, 0.1) is 5.82 Å². The van der Waals surface area contributed by atoms with Gasteiger partial charge in [0.05, 0.1) is 24.1 Å². The molecule has 0 saturated carbocycles. The molecule has 0 saturated heterocycles. The minimum Gasteiger partial charge on any atom is -0.465 e. The quantitative estimate of drug-likeness (QED) is 0.743. The van der Waals surface area contributed by atoms with Crippen LogP contribution in [-0.4, -0.2) is 45.7 Å². The summed E-state index contributed by atoms with van der Waals surface area (Å²) in [5, 5.41) is 8.37. The smallest absolute Gasteiger partial charge is 0.339 e. The number of carbonyl (C=O) groups excluding carboxylic acids is 1. The number of aliphatic hydroxyl groups is 1. The van der Waals surface area contributed by atoms with Gasteiger partial charge in [0.2, 0.25) is 10.0 Å². The molecule has 0 aliphatic carbocycles. The zero-order valence-corrected chi connectivity index (χ0v) is 11.6.